The van der Waals surface area contributed by atoms with Crippen LogP contribution in [0.4, 0.5) is 5.69 Å². The molecule has 0 bridgehead atoms. The molecule has 0 unspecified atom stereocenters. The first-order valence-electron chi connectivity index (χ1n) is 4.01. The summed E-state index contributed by atoms with van der Waals surface area (Å²) in [7, 11) is -3.63. The third kappa shape index (κ3) is 2.21. The van der Waals surface area contributed by atoms with E-state index in [9.17, 15) is 18.5 Å². The molecular weight excluding hydrogens is 218 g/mol. The van der Waals surface area contributed by atoms with Crippen LogP contribution in [0.5, 0.6) is 0 Å². The van der Waals surface area contributed by atoms with Crippen LogP contribution in [0.25, 0.3) is 0 Å². The van der Waals surface area contributed by atoms with Crippen molar-refractivity contribution in [2.24, 2.45) is 0 Å². The van der Waals surface area contributed by atoms with Crippen LogP contribution in [0.3, 0.4) is 0 Å². The average Bonchev–Trinajstić information content (AvgIpc) is 2.17. The van der Waals surface area contributed by atoms with E-state index < -0.39 is 14.8 Å². The molecular formula is C9H9NO4S. The summed E-state index contributed by atoms with van der Waals surface area (Å²) in [5.74, 6) is 0. The van der Waals surface area contributed by atoms with Crippen molar-refractivity contribution >= 4 is 15.5 Å². The monoisotopic (exact) mass is 227 g/mol. The molecule has 0 N–H and O–H groups in total. The fourth-order valence-corrected chi connectivity index (χ4v) is 2.08. The van der Waals surface area contributed by atoms with Crippen molar-refractivity contribution in [2.75, 3.05) is 0 Å². The molecule has 0 heterocycles. The second-order valence-electron chi connectivity index (χ2n) is 2.92. The molecule has 15 heavy (non-hydrogen) atoms. The molecule has 5 nitrogen and oxygen atoms in total. The zero-order valence-electron chi connectivity index (χ0n) is 8.00. The van der Waals surface area contributed by atoms with E-state index in [1.54, 1.807) is 6.92 Å². The zero-order valence-corrected chi connectivity index (χ0v) is 8.82. The van der Waals surface area contributed by atoms with Crippen molar-refractivity contribution in [3.63, 3.8) is 0 Å². The maximum absolute atomic E-state index is 11.5. The van der Waals surface area contributed by atoms with E-state index in [-0.39, 0.29) is 10.6 Å². The number of benzene rings is 1. The van der Waals surface area contributed by atoms with Crippen LogP contribution in [0.15, 0.2) is 35.1 Å². The van der Waals surface area contributed by atoms with Crippen LogP contribution in [0.2, 0.25) is 0 Å². The van der Waals surface area contributed by atoms with Gasteiger partial charge in [0.2, 0.25) is 0 Å². The molecule has 0 saturated carbocycles. The fraction of sp³-hybridized carbons (Fsp3) is 0.111. The van der Waals surface area contributed by atoms with Gasteiger partial charge < -0.3 is 0 Å². The maximum atomic E-state index is 11.5. The van der Waals surface area contributed by atoms with Crippen LogP contribution in [-0.2, 0) is 9.84 Å². The summed E-state index contributed by atoms with van der Waals surface area (Å²) in [6.07, 6.45) is 0. The fourth-order valence-electron chi connectivity index (χ4n) is 1.10. The lowest BCUT2D eigenvalue weighted by molar-refractivity contribution is -0.385. The molecule has 1 aromatic carbocycles. The van der Waals surface area contributed by atoms with Gasteiger partial charge >= 0.3 is 0 Å². The van der Waals surface area contributed by atoms with Crippen LogP contribution >= 0.6 is 0 Å². The van der Waals surface area contributed by atoms with Crippen molar-refractivity contribution in [1.29, 1.82) is 0 Å². The van der Waals surface area contributed by atoms with Gasteiger partial charge in [0.25, 0.3) is 5.69 Å². The number of nitro benzene ring substituents is 1. The number of non-ortho nitro benzene ring substituents is 1. The van der Waals surface area contributed by atoms with Gasteiger partial charge in [-0.3, -0.25) is 10.1 Å². The molecule has 1 aromatic rings. The molecule has 0 amide bonds. The van der Waals surface area contributed by atoms with Gasteiger partial charge in [0.05, 0.1) is 9.82 Å². The van der Waals surface area contributed by atoms with Crippen molar-refractivity contribution in [1.82, 2.24) is 0 Å². The molecule has 0 fully saturated rings. The highest BCUT2D eigenvalue weighted by molar-refractivity contribution is 7.94. The second kappa shape index (κ2) is 3.82. The smallest absolute Gasteiger partial charge is 0.258 e. The lowest BCUT2D eigenvalue weighted by Crippen LogP contribution is -2.00. The van der Waals surface area contributed by atoms with Gasteiger partial charge in [0.15, 0.2) is 9.84 Å². The third-order valence-electron chi connectivity index (χ3n) is 1.91. The van der Waals surface area contributed by atoms with E-state index in [1.165, 1.54) is 12.1 Å². The Bertz CT molecular complexity index is 519. The Kier molecular flexibility index (Phi) is 2.90. The molecule has 1 rings (SSSR count). The standard InChI is InChI=1S/C9H9NO4S/c1-3-15(13,14)9-6-8(10(11)12)5-4-7(9)2/h3-6H,1H2,2H3. The first-order valence-corrected chi connectivity index (χ1v) is 5.55. The lowest BCUT2D eigenvalue weighted by Gasteiger charge is -2.02. The lowest BCUT2D eigenvalue weighted by atomic mass is 10.2. The largest absolute Gasteiger partial charge is 0.270 e. The first kappa shape index (κ1) is 11.4. The van der Waals surface area contributed by atoms with E-state index in [1.807, 2.05) is 0 Å². The minimum Gasteiger partial charge on any atom is -0.258 e. The molecule has 0 aliphatic rings. The minimum absolute atomic E-state index is 0.0771. The number of nitrogens with zero attached hydrogens (tertiary/aromatic N) is 1. The highest BCUT2D eigenvalue weighted by Gasteiger charge is 2.17. The van der Waals surface area contributed by atoms with Crippen LogP contribution in [0.1, 0.15) is 5.56 Å². The van der Waals surface area contributed by atoms with E-state index in [4.69, 9.17) is 0 Å². The van der Waals surface area contributed by atoms with Crippen molar-refractivity contribution in [3.05, 3.63) is 45.9 Å². The summed E-state index contributed by atoms with van der Waals surface area (Å²) in [6, 6.07) is 3.69. The van der Waals surface area contributed by atoms with Gasteiger partial charge in [0, 0.05) is 17.5 Å². The molecule has 80 valence electrons. The average molecular weight is 227 g/mol. The first-order chi connectivity index (χ1) is 6.88. The predicted molar refractivity (Wildman–Crippen MR) is 55.2 cm³/mol. The topological polar surface area (TPSA) is 77.3 Å². The van der Waals surface area contributed by atoms with E-state index in [0.29, 0.717) is 5.56 Å². The predicted octanol–water partition coefficient (Wildman–Crippen LogP) is 1.82. The molecule has 0 atom stereocenters. The van der Waals surface area contributed by atoms with Gasteiger partial charge in [0.1, 0.15) is 0 Å². The molecule has 6 heteroatoms. The third-order valence-corrected chi connectivity index (χ3v) is 3.40. The molecule has 0 aromatic heterocycles. The Hall–Kier alpha value is -1.69. The normalized spacial score (nSPS) is 11.0. The summed E-state index contributed by atoms with van der Waals surface area (Å²) in [6.45, 7) is 4.74. The highest BCUT2D eigenvalue weighted by atomic mass is 32.2. The summed E-state index contributed by atoms with van der Waals surface area (Å²) < 4.78 is 22.9. The maximum Gasteiger partial charge on any atom is 0.270 e. The van der Waals surface area contributed by atoms with Gasteiger partial charge in [-0.1, -0.05) is 12.6 Å². The van der Waals surface area contributed by atoms with Crippen LogP contribution < -0.4 is 0 Å². The molecule has 0 aliphatic carbocycles. The highest BCUT2D eigenvalue weighted by Crippen LogP contribution is 2.22. The Morgan fingerprint density at radius 1 is 1.47 bits per heavy atom. The molecule has 0 radical (unpaired) electrons. The van der Waals surface area contributed by atoms with Crippen molar-refractivity contribution in [2.45, 2.75) is 11.8 Å². The van der Waals surface area contributed by atoms with Crippen LogP contribution in [-0.4, -0.2) is 13.3 Å². The Morgan fingerprint density at radius 3 is 2.53 bits per heavy atom. The van der Waals surface area contributed by atoms with Gasteiger partial charge in [-0.05, 0) is 12.5 Å². The Balaban J connectivity index is 3.48. The summed E-state index contributed by atoms with van der Waals surface area (Å²) in [4.78, 5) is 9.75. The number of rotatable bonds is 3. The minimum atomic E-state index is -3.63. The Morgan fingerprint density at radius 2 is 2.07 bits per heavy atom. The van der Waals surface area contributed by atoms with Crippen molar-refractivity contribution < 1.29 is 13.3 Å². The SMILES string of the molecule is C=CS(=O)(=O)c1cc([N+](=O)[O-])ccc1C. The summed E-state index contributed by atoms with van der Waals surface area (Å²) >= 11 is 0. The number of aryl methyl sites for hydroxylation is 1. The molecule has 0 aliphatic heterocycles. The number of hydrogen-bond donors (Lipinski definition) is 0. The summed E-state index contributed by atoms with van der Waals surface area (Å²) in [5, 5.41) is 11.2. The van der Waals surface area contributed by atoms with Gasteiger partial charge in [-0.2, -0.15) is 0 Å². The van der Waals surface area contributed by atoms with E-state index in [0.717, 1.165) is 11.5 Å². The second-order valence-corrected chi connectivity index (χ2v) is 4.78. The number of hydrogen-bond acceptors (Lipinski definition) is 4. The van der Waals surface area contributed by atoms with Crippen LogP contribution in [0, 0.1) is 17.0 Å². The van der Waals surface area contributed by atoms with Gasteiger partial charge in [-0.15, -0.1) is 0 Å². The van der Waals surface area contributed by atoms with E-state index in [2.05, 4.69) is 6.58 Å². The Labute approximate surface area is 87.1 Å². The van der Waals surface area contributed by atoms with Crippen molar-refractivity contribution in [3.8, 4) is 0 Å². The number of nitro groups is 1. The number of sulfone groups is 1. The molecule has 0 spiro atoms. The van der Waals surface area contributed by atoms with Gasteiger partial charge in [-0.25, -0.2) is 8.42 Å². The molecule has 0 saturated heterocycles. The zero-order chi connectivity index (χ0) is 11.6. The quantitative estimate of drug-likeness (QED) is 0.583. The summed E-state index contributed by atoms with van der Waals surface area (Å²) in [5.41, 5.74) is 0.210. The van der Waals surface area contributed by atoms with E-state index >= 15 is 0 Å².